The third-order valence-corrected chi connectivity index (χ3v) is 3.93. The summed E-state index contributed by atoms with van der Waals surface area (Å²) in [6, 6.07) is 8.36. The first-order valence-corrected chi connectivity index (χ1v) is 7.35. The van der Waals surface area contributed by atoms with Gasteiger partial charge in [0.15, 0.2) is 0 Å². The van der Waals surface area contributed by atoms with Crippen molar-refractivity contribution in [3.8, 4) is 0 Å². The van der Waals surface area contributed by atoms with Gasteiger partial charge in [0, 0.05) is 11.0 Å². The van der Waals surface area contributed by atoms with E-state index < -0.39 is 5.79 Å². The van der Waals surface area contributed by atoms with Crippen molar-refractivity contribution in [1.82, 2.24) is 0 Å². The Kier molecular flexibility index (Phi) is 4.24. The quantitative estimate of drug-likeness (QED) is 0.777. The average molecular weight is 283 g/mol. The predicted octanol–water partition coefficient (Wildman–Crippen LogP) is 4.10. The molecule has 19 heavy (non-hydrogen) atoms. The molecule has 2 rings (SSSR count). The minimum absolute atomic E-state index is 0.0403. The van der Waals surface area contributed by atoms with Crippen molar-refractivity contribution in [2.75, 3.05) is 13.2 Å². The largest absolute Gasteiger partial charge is 0.344 e. The van der Waals surface area contributed by atoms with Crippen molar-refractivity contribution in [1.29, 1.82) is 0 Å². The van der Waals surface area contributed by atoms with Crippen molar-refractivity contribution < 1.29 is 9.47 Å². The Hall–Kier alpha value is -0.570. The maximum absolute atomic E-state index is 6.36. The molecule has 1 aromatic carbocycles. The molecule has 0 saturated carbocycles. The highest BCUT2D eigenvalue weighted by Crippen LogP contribution is 2.41. The third-order valence-electron chi connectivity index (χ3n) is 3.64. The molecule has 1 heterocycles. The fourth-order valence-corrected chi connectivity index (χ4v) is 2.54. The van der Waals surface area contributed by atoms with E-state index in [1.165, 1.54) is 5.56 Å². The number of aryl methyl sites for hydroxylation is 1. The van der Waals surface area contributed by atoms with Crippen molar-refractivity contribution in [3.63, 3.8) is 0 Å². The number of hydrogen-bond donors (Lipinski definition) is 0. The van der Waals surface area contributed by atoms with Gasteiger partial charge < -0.3 is 9.47 Å². The topological polar surface area (TPSA) is 18.5 Å². The van der Waals surface area contributed by atoms with Crippen LogP contribution in [-0.2, 0) is 21.7 Å². The van der Waals surface area contributed by atoms with Crippen LogP contribution >= 0.6 is 11.6 Å². The van der Waals surface area contributed by atoms with E-state index in [-0.39, 0.29) is 10.8 Å². The molecule has 3 heteroatoms. The van der Waals surface area contributed by atoms with Gasteiger partial charge >= 0.3 is 0 Å². The highest BCUT2D eigenvalue weighted by molar-refractivity contribution is 6.21. The van der Waals surface area contributed by atoms with Crippen LogP contribution in [0.2, 0.25) is 0 Å². The SMILES string of the molecule is CCc1ccc(C2(C(C)Cl)OCC(C)(C)CO2)cc1. The van der Waals surface area contributed by atoms with Crippen LogP contribution in [0.15, 0.2) is 24.3 Å². The molecule has 2 nitrogen and oxygen atoms in total. The Morgan fingerprint density at radius 2 is 1.68 bits per heavy atom. The summed E-state index contributed by atoms with van der Waals surface area (Å²) in [6.07, 6.45) is 1.03. The second kappa shape index (κ2) is 5.43. The number of hydrogen-bond acceptors (Lipinski definition) is 2. The van der Waals surface area contributed by atoms with Gasteiger partial charge in [0.05, 0.1) is 18.6 Å². The lowest BCUT2D eigenvalue weighted by Gasteiger charge is -2.45. The lowest BCUT2D eigenvalue weighted by atomic mass is 9.92. The number of ether oxygens (including phenoxy) is 2. The molecule has 106 valence electrons. The normalized spacial score (nSPS) is 23.0. The van der Waals surface area contributed by atoms with Crippen LogP contribution < -0.4 is 0 Å². The lowest BCUT2D eigenvalue weighted by molar-refractivity contribution is -0.307. The fraction of sp³-hybridized carbons (Fsp3) is 0.625. The van der Waals surface area contributed by atoms with Gasteiger partial charge in [-0.15, -0.1) is 11.6 Å². The molecule has 1 fully saturated rings. The molecular weight excluding hydrogens is 260 g/mol. The summed E-state index contributed by atoms with van der Waals surface area (Å²) in [5.74, 6) is -0.816. The smallest absolute Gasteiger partial charge is 0.211 e. The fourth-order valence-electron chi connectivity index (χ4n) is 2.29. The molecule has 1 aliphatic heterocycles. The molecule has 0 N–H and O–H groups in total. The Morgan fingerprint density at radius 1 is 1.16 bits per heavy atom. The molecule has 0 bridgehead atoms. The van der Waals surface area contributed by atoms with Crippen LogP contribution in [0, 0.1) is 5.41 Å². The second-order valence-corrected chi connectivity index (χ2v) is 6.73. The van der Waals surface area contributed by atoms with Crippen molar-refractivity contribution >= 4 is 11.6 Å². The van der Waals surface area contributed by atoms with Crippen LogP contribution in [0.1, 0.15) is 38.8 Å². The van der Waals surface area contributed by atoms with Crippen LogP contribution in [0.4, 0.5) is 0 Å². The molecular formula is C16H23ClO2. The first-order valence-electron chi connectivity index (χ1n) is 6.91. The second-order valence-electron chi connectivity index (χ2n) is 6.08. The molecule has 0 aromatic heterocycles. The van der Waals surface area contributed by atoms with E-state index in [0.29, 0.717) is 13.2 Å². The van der Waals surface area contributed by atoms with E-state index in [1.807, 2.05) is 6.92 Å². The van der Waals surface area contributed by atoms with Crippen LogP contribution in [0.3, 0.4) is 0 Å². The monoisotopic (exact) mass is 282 g/mol. The summed E-state index contributed by atoms with van der Waals surface area (Å²) in [5.41, 5.74) is 2.35. The summed E-state index contributed by atoms with van der Waals surface area (Å²) >= 11 is 6.36. The van der Waals surface area contributed by atoms with Crippen molar-refractivity contribution in [3.05, 3.63) is 35.4 Å². The Bertz CT molecular complexity index is 413. The average Bonchev–Trinajstić information content (AvgIpc) is 2.39. The maximum Gasteiger partial charge on any atom is 0.211 e. The highest BCUT2D eigenvalue weighted by Gasteiger charge is 2.45. The van der Waals surface area contributed by atoms with E-state index in [0.717, 1.165) is 12.0 Å². The van der Waals surface area contributed by atoms with Crippen molar-refractivity contribution in [2.24, 2.45) is 5.41 Å². The molecule has 1 unspecified atom stereocenters. The van der Waals surface area contributed by atoms with Gasteiger partial charge in [0.2, 0.25) is 5.79 Å². The van der Waals surface area contributed by atoms with Crippen molar-refractivity contribution in [2.45, 2.75) is 45.3 Å². The zero-order valence-electron chi connectivity index (χ0n) is 12.2. The molecule has 0 spiro atoms. The van der Waals surface area contributed by atoms with Crippen LogP contribution in [-0.4, -0.2) is 18.6 Å². The summed E-state index contributed by atoms with van der Waals surface area (Å²) in [7, 11) is 0. The summed E-state index contributed by atoms with van der Waals surface area (Å²) in [6.45, 7) is 9.64. The number of rotatable bonds is 3. The first-order chi connectivity index (χ1) is 8.89. The molecule has 0 radical (unpaired) electrons. The summed E-state index contributed by atoms with van der Waals surface area (Å²) < 4.78 is 12.1. The Morgan fingerprint density at radius 3 is 2.11 bits per heavy atom. The zero-order chi connectivity index (χ0) is 14.1. The third kappa shape index (κ3) is 2.96. The van der Waals surface area contributed by atoms with E-state index >= 15 is 0 Å². The maximum atomic E-state index is 6.36. The molecule has 1 aromatic rings. The summed E-state index contributed by atoms with van der Waals surface area (Å²) in [4.78, 5) is 0. The molecule has 1 saturated heterocycles. The van der Waals surface area contributed by atoms with Crippen LogP contribution in [0.5, 0.6) is 0 Å². The molecule has 0 aliphatic carbocycles. The zero-order valence-corrected chi connectivity index (χ0v) is 13.0. The number of alkyl halides is 1. The van der Waals surface area contributed by atoms with Gasteiger partial charge in [0.1, 0.15) is 0 Å². The number of halogens is 1. The van der Waals surface area contributed by atoms with Crippen LogP contribution in [0.25, 0.3) is 0 Å². The summed E-state index contributed by atoms with van der Waals surface area (Å²) in [5, 5.41) is -0.240. The van der Waals surface area contributed by atoms with Gasteiger partial charge in [-0.25, -0.2) is 0 Å². The van der Waals surface area contributed by atoms with Gasteiger partial charge in [0.25, 0.3) is 0 Å². The van der Waals surface area contributed by atoms with E-state index in [2.05, 4.69) is 45.0 Å². The minimum Gasteiger partial charge on any atom is -0.344 e. The van der Waals surface area contributed by atoms with Gasteiger partial charge in [-0.3, -0.25) is 0 Å². The molecule has 1 atom stereocenters. The van der Waals surface area contributed by atoms with E-state index in [1.54, 1.807) is 0 Å². The van der Waals surface area contributed by atoms with E-state index in [4.69, 9.17) is 21.1 Å². The standard InChI is InChI=1S/C16H23ClO2/c1-5-13-6-8-14(9-7-13)16(12(2)17)18-10-15(3,4)11-19-16/h6-9,12H,5,10-11H2,1-4H3. The molecule has 1 aliphatic rings. The van der Waals surface area contributed by atoms with Gasteiger partial charge in [-0.1, -0.05) is 45.0 Å². The number of benzene rings is 1. The van der Waals surface area contributed by atoms with Gasteiger partial charge in [-0.2, -0.15) is 0 Å². The lowest BCUT2D eigenvalue weighted by Crippen LogP contribution is -2.49. The predicted molar refractivity (Wildman–Crippen MR) is 78.5 cm³/mol. The molecule has 0 amide bonds. The highest BCUT2D eigenvalue weighted by atomic mass is 35.5. The Labute approximate surface area is 121 Å². The van der Waals surface area contributed by atoms with Gasteiger partial charge in [-0.05, 0) is 18.9 Å². The minimum atomic E-state index is -0.816. The Balaban J connectivity index is 2.29. The van der Waals surface area contributed by atoms with E-state index in [9.17, 15) is 0 Å². The first kappa shape index (κ1) is 14.8.